The molecule has 140 valence electrons. The van der Waals surface area contributed by atoms with E-state index in [1.54, 1.807) is 0 Å². The average Bonchev–Trinajstić information content (AvgIpc) is 3.37. The number of likely N-dealkylation sites (tertiary alicyclic amines) is 1. The molecule has 0 radical (unpaired) electrons. The Bertz CT molecular complexity index is 954. The molecule has 0 spiro atoms. The quantitative estimate of drug-likeness (QED) is 0.691. The highest BCUT2D eigenvalue weighted by molar-refractivity contribution is 7.13. The maximum absolute atomic E-state index is 12.8. The van der Waals surface area contributed by atoms with Crippen molar-refractivity contribution < 1.29 is 9.21 Å². The van der Waals surface area contributed by atoms with Gasteiger partial charge in [-0.05, 0) is 36.8 Å². The van der Waals surface area contributed by atoms with Gasteiger partial charge in [0.25, 0.3) is 5.89 Å². The predicted molar refractivity (Wildman–Crippen MR) is 104 cm³/mol. The summed E-state index contributed by atoms with van der Waals surface area (Å²) >= 11 is 1.49. The van der Waals surface area contributed by atoms with Crippen molar-refractivity contribution >= 4 is 17.2 Å². The van der Waals surface area contributed by atoms with Crippen LogP contribution in [0.15, 0.2) is 57.1 Å². The smallest absolute Gasteiger partial charge is 0.387 e. The number of thiophene rings is 1. The van der Waals surface area contributed by atoms with E-state index in [4.69, 9.17) is 4.42 Å². The van der Waals surface area contributed by atoms with Crippen molar-refractivity contribution in [3.05, 3.63) is 64.0 Å². The molecule has 0 bridgehead atoms. The summed E-state index contributed by atoms with van der Waals surface area (Å²) in [5, 5.41) is 6.30. The summed E-state index contributed by atoms with van der Waals surface area (Å²) in [6.45, 7) is 3.18. The number of amides is 1. The SMILES string of the molecule is CC(C(=O)N1CCC(n2nc(-c3cccs3)oc2=O)CC1)c1ccccc1. The summed E-state index contributed by atoms with van der Waals surface area (Å²) in [6.07, 6.45) is 1.40. The third-order valence-electron chi connectivity index (χ3n) is 5.09. The van der Waals surface area contributed by atoms with Crippen molar-refractivity contribution in [1.29, 1.82) is 0 Å². The van der Waals surface area contributed by atoms with Crippen LogP contribution in [0, 0.1) is 0 Å². The first kappa shape index (κ1) is 17.7. The molecule has 27 heavy (non-hydrogen) atoms. The second-order valence-corrected chi connectivity index (χ2v) is 7.73. The summed E-state index contributed by atoms with van der Waals surface area (Å²) < 4.78 is 6.75. The molecule has 1 atom stereocenters. The molecule has 1 saturated heterocycles. The number of hydrogen-bond acceptors (Lipinski definition) is 5. The molecule has 7 heteroatoms. The fourth-order valence-electron chi connectivity index (χ4n) is 3.51. The largest absolute Gasteiger partial charge is 0.437 e. The molecule has 1 amide bonds. The fourth-order valence-corrected chi connectivity index (χ4v) is 4.15. The predicted octanol–water partition coefficient (Wildman–Crippen LogP) is 3.53. The van der Waals surface area contributed by atoms with E-state index in [1.807, 2.05) is 59.7 Å². The van der Waals surface area contributed by atoms with Crippen LogP contribution in [0.5, 0.6) is 0 Å². The van der Waals surface area contributed by atoms with Crippen molar-refractivity contribution in [3.63, 3.8) is 0 Å². The number of aromatic nitrogens is 2. The molecular formula is C20H21N3O3S. The van der Waals surface area contributed by atoms with Gasteiger partial charge in [-0.25, -0.2) is 4.79 Å². The summed E-state index contributed by atoms with van der Waals surface area (Å²) in [5.41, 5.74) is 1.03. The van der Waals surface area contributed by atoms with E-state index in [0.29, 0.717) is 31.8 Å². The number of piperidine rings is 1. The van der Waals surface area contributed by atoms with Gasteiger partial charge in [-0.2, -0.15) is 4.68 Å². The molecule has 1 aliphatic rings. The van der Waals surface area contributed by atoms with Gasteiger partial charge in [0.2, 0.25) is 5.91 Å². The van der Waals surface area contributed by atoms with Crippen molar-refractivity contribution in [2.45, 2.75) is 31.7 Å². The number of nitrogens with zero attached hydrogens (tertiary/aromatic N) is 3. The molecule has 6 nitrogen and oxygen atoms in total. The van der Waals surface area contributed by atoms with Crippen LogP contribution in [0.3, 0.4) is 0 Å². The maximum Gasteiger partial charge on any atom is 0.437 e. The number of rotatable bonds is 4. The van der Waals surface area contributed by atoms with Crippen LogP contribution in [-0.2, 0) is 4.79 Å². The topological polar surface area (TPSA) is 68.3 Å². The van der Waals surface area contributed by atoms with Crippen LogP contribution < -0.4 is 5.76 Å². The molecule has 1 aromatic carbocycles. The lowest BCUT2D eigenvalue weighted by molar-refractivity contribution is -0.133. The van der Waals surface area contributed by atoms with Gasteiger partial charge < -0.3 is 9.32 Å². The zero-order chi connectivity index (χ0) is 18.8. The van der Waals surface area contributed by atoms with E-state index >= 15 is 0 Å². The number of carbonyl (C=O) groups excluding carboxylic acids is 1. The Morgan fingerprint density at radius 1 is 1.19 bits per heavy atom. The summed E-state index contributed by atoms with van der Waals surface area (Å²) in [7, 11) is 0. The fraction of sp³-hybridized carbons (Fsp3) is 0.350. The van der Waals surface area contributed by atoms with Crippen molar-refractivity contribution in [3.8, 4) is 10.8 Å². The second-order valence-electron chi connectivity index (χ2n) is 6.78. The minimum Gasteiger partial charge on any atom is -0.387 e. The Morgan fingerprint density at radius 3 is 2.59 bits per heavy atom. The molecule has 0 saturated carbocycles. The van der Waals surface area contributed by atoms with Crippen molar-refractivity contribution in [2.75, 3.05) is 13.1 Å². The summed E-state index contributed by atoms with van der Waals surface area (Å²) in [5.74, 6) is -0.0959. The van der Waals surface area contributed by atoms with Gasteiger partial charge in [-0.3, -0.25) is 4.79 Å². The standard InChI is InChI=1S/C20H21N3O3S/c1-14(15-6-3-2-4-7-15)19(24)22-11-9-16(10-12-22)23-20(25)26-18(21-23)17-8-5-13-27-17/h2-8,13-14,16H,9-12H2,1H3. The minimum absolute atomic E-state index is 0.0361. The lowest BCUT2D eigenvalue weighted by atomic mass is 9.97. The van der Waals surface area contributed by atoms with Gasteiger partial charge in [0.15, 0.2) is 0 Å². The van der Waals surface area contributed by atoms with E-state index in [1.165, 1.54) is 16.0 Å². The van der Waals surface area contributed by atoms with Crippen LogP contribution in [0.1, 0.15) is 37.3 Å². The third-order valence-corrected chi connectivity index (χ3v) is 5.95. The van der Waals surface area contributed by atoms with Gasteiger partial charge in [-0.15, -0.1) is 16.4 Å². The first-order chi connectivity index (χ1) is 13.1. The Balaban J connectivity index is 1.42. The number of benzene rings is 1. The molecule has 0 aliphatic carbocycles. The average molecular weight is 383 g/mol. The lowest BCUT2D eigenvalue weighted by Gasteiger charge is -2.33. The first-order valence-electron chi connectivity index (χ1n) is 9.11. The van der Waals surface area contributed by atoms with Crippen molar-refractivity contribution in [2.24, 2.45) is 0 Å². The number of carbonyl (C=O) groups is 1. The van der Waals surface area contributed by atoms with Gasteiger partial charge in [0, 0.05) is 13.1 Å². The van der Waals surface area contributed by atoms with E-state index in [-0.39, 0.29) is 17.9 Å². The highest BCUT2D eigenvalue weighted by atomic mass is 32.1. The molecule has 3 aromatic rings. The van der Waals surface area contributed by atoms with E-state index in [9.17, 15) is 9.59 Å². The monoisotopic (exact) mass is 383 g/mol. The third kappa shape index (κ3) is 3.60. The van der Waals surface area contributed by atoms with E-state index < -0.39 is 5.76 Å². The van der Waals surface area contributed by atoms with Gasteiger partial charge in [0.05, 0.1) is 16.8 Å². The van der Waals surface area contributed by atoms with E-state index in [2.05, 4.69) is 5.10 Å². The molecule has 1 aliphatic heterocycles. The highest BCUT2D eigenvalue weighted by Crippen LogP contribution is 2.27. The Hall–Kier alpha value is -2.67. The second kappa shape index (κ2) is 7.52. The van der Waals surface area contributed by atoms with Crippen molar-refractivity contribution in [1.82, 2.24) is 14.7 Å². The molecule has 1 unspecified atom stereocenters. The van der Waals surface area contributed by atoms with E-state index in [0.717, 1.165) is 10.4 Å². The highest BCUT2D eigenvalue weighted by Gasteiger charge is 2.29. The number of hydrogen-bond donors (Lipinski definition) is 0. The first-order valence-corrected chi connectivity index (χ1v) is 9.98. The van der Waals surface area contributed by atoms with Crippen LogP contribution in [0.2, 0.25) is 0 Å². The molecule has 4 rings (SSSR count). The Kier molecular flexibility index (Phi) is 4.94. The molecule has 0 N–H and O–H groups in total. The minimum atomic E-state index is -0.430. The zero-order valence-corrected chi connectivity index (χ0v) is 15.9. The summed E-state index contributed by atoms with van der Waals surface area (Å²) in [4.78, 5) is 27.7. The lowest BCUT2D eigenvalue weighted by Crippen LogP contribution is -2.42. The van der Waals surface area contributed by atoms with Crippen LogP contribution in [0.25, 0.3) is 10.8 Å². The zero-order valence-electron chi connectivity index (χ0n) is 15.1. The molecule has 2 aromatic heterocycles. The molecule has 3 heterocycles. The van der Waals surface area contributed by atoms with Gasteiger partial charge >= 0.3 is 5.76 Å². The molecular weight excluding hydrogens is 362 g/mol. The Morgan fingerprint density at radius 2 is 1.93 bits per heavy atom. The Labute approximate surface area is 161 Å². The van der Waals surface area contributed by atoms with Crippen LogP contribution in [0.4, 0.5) is 0 Å². The van der Waals surface area contributed by atoms with Gasteiger partial charge in [-0.1, -0.05) is 36.4 Å². The normalized spacial score (nSPS) is 16.4. The van der Waals surface area contributed by atoms with Gasteiger partial charge in [0.1, 0.15) is 0 Å². The summed E-state index contributed by atoms with van der Waals surface area (Å²) in [6, 6.07) is 13.6. The van der Waals surface area contributed by atoms with Crippen LogP contribution >= 0.6 is 11.3 Å². The maximum atomic E-state index is 12.8. The molecule has 1 fully saturated rings. The van der Waals surface area contributed by atoms with Crippen LogP contribution in [-0.4, -0.2) is 33.7 Å².